The minimum absolute atomic E-state index is 0.00409. The van der Waals surface area contributed by atoms with E-state index in [0.717, 1.165) is 4.31 Å². The Morgan fingerprint density at radius 1 is 1.23 bits per heavy atom. The Bertz CT molecular complexity index is 697. The van der Waals surface area contributed by atoms with Crippen molar-refractivity contribution in [2.75, 3.05) is 6.54 Å². The third-order valence-electron chi connectivity index (χ3n) is 3.84. The van der Waals surface area contributed by atoms with Crippen molar-refractivity contribution in [1.29, 1.82) is 0 Å². The molecule has 1 aliphatic rings. The molecule has 0 saturated carbocycles. The highest BCUT2D eigenvalue weighted by Crippen LogP contribution is 2.29. The Kier molecular flexibility index (Phi) is 4.55. The summed E-state index contributed by atoms with van der Waals surface area (Å²) in [6.45, 7) is 5.70. The Morgan fingerprint density at radius 2 is 1.86 bits per heavy atom. The summed E-state index contributed by atoms with van der Waals surface area (Å²) in [7, 11) is -3.83. The van der Waals surface area contributed by atoms with Crippen LogP contribution in [-0.4, -0.2) is 37.1 Å². The lowest BCUT2D eigenvalue weighted by Gasteiger charge is -2.19. The van der Waals surface area contributed by atoms with Gasteiger partial charge in [0.15, 0.2) is 0 Å². The van der Waals surface area contributed by atoms with E-state index in [1.54, 1.807) is 12.1 Å². The van der Waals surface area contributed by atoms with Crippen LogP contribution in [0.4, 0.5) is 0 Å². The summed E-state index contributed by atoms with van der Waals surface area (Å²) in [5, 5.41) is 2.79. The van der Waals surface area contributed by atoms with Gasteiger partial charge < -0.3 is 5.32 Å². The van der Waals surface area contributed by atoms with E-state index < -0.39 is 15.9 Å². The molecule has 0 bridgehead atoms. The van der Waals surface area contributed by atoms with Crippen molar-refractivity contribution in [3.63, 3.8) is 0 Å². The summed E-state index contributed by atoms with van der Waals surface area (Å²) in [6, 6.07) is 6.08. The fourth-order valence-corrected chi connectivity index (χ4v) is 3.72. The molecule has 0 aromatic heterocycles. The van der Waals surface area contributed by atoms with Crippen molar-refractivity contribution in [2.24, 2.45) is 5.92 Å². The van der Waals surface area contributed by atoms with Crippen LogP contribution in [0.1, 0.15) is 37.6 Å². The molecule has 1 atom stereocenters. The van der Waals surface area contributed by atoms with E-state index >= 15 is 0 Å². The van der Waals surface area contributed by atoms with Gasteiger partial charge in [0.2, 0.25) is 5.91 Å². The molecule has 1 heterocycles. The second-order valence-electron chi connectivity index (χ2n) is 5.73. The van der Waals surface area contributed by atoms with Crippen molar-refractivity contribution < 1.29 is 18.0 Å². The quantitative estimate of drug-likeness (QED) is 0.887. The van der Waals surface area contributed by atoms with Crippen LogP contribution in [0.15, 0.2) is 29.2 Å². The summed E-state index contributed by atoms with van der Waals surface area (Å²) < 4.78 is 25.4. The number of nitrogens with zero attached hydrogens (tertiary/aromatic N) is 1. The molecule has 6 nitrogen and oxygen atoms in total. The molecule has 0 radical (unpaired) electrons. The van der Waals surface area contributed by atoms with Gasteiger partial charge in [-0.3, -0.25) is 9.59 Å². The standard InChI is InChI=1S/C15H20N2O4S/c1-10(2)11(3)16-14(18)8-9-17-15(19)12-6-4-5-7-13(12)22(17,20)21/h4-7,10-11H,8-9H2,1-3H3,(H,16,18). The van der Waals surface area contributed by atoms with Gasteiger partial charge in [0.25, 0.3) is 15.9 Å². The third-order valence-corrected chi connectivity index (χ3v) is 5.68. The number of hydrogen-bond donors (Lipinski definition) is 1. The van der Waals surface area contributed by atoms with E-state index in [1.807, 2.05) is 20.8 Å². The Labute approximate surface area is 130 Å². The summed E-state index contributed by atoms with van der Waals surface area (Å²) in [5.41, 5.74) is 0.165. The predicted molar refractivity (Wildman–Crippen MR) is 81.7 cm³/mol. The van der Waals surface area contributed by atoms with Gasteiger partial charge in [-0.15, -0.1) is 0 Å². The smallest absolute Gasteiger partial charge is 0.269 e. The lowest BCUT2D eigenvalue weighted by Crippen LogP contribution is -2.39. The maximum Gasteiger partial charge on any atom is 0.269 e. The fourth-order valence-electron chi connectivity index (χ4n) is 2.15. The molecule has 7 heteroatoms. The van der Waals surface area contributed by atoms with Gasteiger partial charge in [0.1, 0.15) is 4.90 Å². The van der Waals surface area contributed by atoms with Crippen molar-refractivity contribution in [3.05, 3.63) is 29.8 Å². The topological polar surface area (TPSA) is 83.6 Å². The number of fused-ring (bicyclic) bond motifs is 1. The lowest BCUT2D eigenvalue weighted by atomic mass is 10.1. The molecule has 1 N–H and O–H groups in total. The number of carbonyl (C=O) groups is 2. The Balaban J connectivity index is 2.06. The average Bonchev–Trinajstić information content (AvgIpc) is 2.65. The zero-order valence-corrected chi connectivity index (χ0v) is 13.7. The molecule has 1 unspecified atom stereocenters. The number of amides is 2. The minimum Gasteiger partial charge on any atom is -0.353 e. The van der Waals surface area contributed by atoms with Crippen LogP contribution >= 0.6 is 0 Å². The number of nitrogens with one attached hydrogen (secondary N) is 1. The number of rotatable bonds is 5. The van der Waals surface area contributed by atoms with Crippen molar-refractivity contribution >= 4 is 21.8 Å². The first-order valence-electron chi connectivity index (χ1n) is 7.20. The number of carbonyl (C=O) groups excluding carboxylic acids is 2. The van der Waals surface area contributed by atoms with Gasteiger partial charge >= 0.3 is 0 Å². The fraction of sp³-hybridized carbons (Fsp3) is 0.467. The van der Waals surface area contributed by atoms with Crippen LogP contribution in [0, 0.1) is 5.92 Å². The highest BCUT2D eigenvalue weighted by Gasteiger charge is 2.40. The largest absolute Gasteiger partial charge is 0.353 e. The first-order valence-corrected chi connectivity index (χ1v) is 8.64. The molecule has 0 aliphatic carbocycles. The maximum atomic E-state index is 12.3. The number of sulfonamides is 1. The van der Waals surface area contributed by atoms with E-state index in [0.29, 0.717) is 0 Å². The molecule has 0 fully saturated rings. The van der Waals surface area contributed by atoms with Crippen LogP contribution in [0.2, 0.25) is 0 Å². The molecule has 0 spiro atoms. The molecule has 1 aromatic carbocycles. The zero-order valence-electron chi connectivity index (χ0n) is 12.9. The normalized spacial score (nSPS) is 17.5. The second kappa shape index (κ2) is 6.08. The molecule has 0 saturated heterocycles. The van der Waals surface area contributed by atoms with Crippen LogP contribution in [-0.2, 0) is 14.8 Å². The molecule has 2 amide bonds. The molecule has 2 rings (SSSR count). The first-order chi connectivity index (χ1) is 10.2. The molecule has 1 aliphatic heterocycles. The SMILES string of the molecule is CC(C)C(C)NC(=O)CCN1C(=O)c2ccccc2S1(=O)=O. The number of benzene rings is 1. The van der Waals surface area contributed by atoms with E-state index in [1.165, 1.54) is 12.1 Å². The average molecular weight is 324 g/mol. The van der Waals surface area contributed by atoms with Crippen LogP contribution in [0.3, 0.4) is 0 Å². The van der Waals surface area contributed by atoms with Crippen molar-refractivity contribution in [3.8, 4) is 0 Å². The minimum atomic E-state index is -3.83. The van der Waals surface area contributed by atoms with Crippen LogP contribution in [0.5, 0.6) is 0 Å². The van der Waals surface area contributed by atoms with E-state index in [-0.39, 0.29) is 41.3 Å². The van der Waals surface area contributed by atoms with Crippen LogP contribution in [0.25, 0.3) is 0 Å². The number of hydrogen-bond acceptors (Lipinski definition) is 4. The van der Waals surface area contributed by atoms with Gasteiger partial charge in [0.05, 0.1) is 5.56 Å². The molecular formula is C15H20N2O4S. The zero-order chi connectivity index (χ0) is 16.5. The van der Waals surface area contributed by atoms with Crippen molar-refractivity contribution in [1.82, 2.24) is 9.62 Å². The molecular weight excluding hydrogens is 304 g/mol. The summed E-state index contributed by atoms with van der Waals surface area (Å²) in [5.74, 6) is -0.550. The Morgan fingerprint density at radius 3 is 2.45 bits per heavy atom. The first kappa shape index (κ1) is 16.5. The van der Waals surface area contributed by atoms with E-state index in [4.69, 9.17) is 0 Å². The van der Waals surface area contributed by atoms with E-state index in [9.17, 15) is 18.0 Å². The van der Waals surface area contributed by atoms with Crippen molar-refractivity contribution in [2.45, 2.75) is 38.1 Å². The lowest BCUT2D eigenvalue weighted by molar-refractivity contribution is -0.122. The summed E-state index contributed by atoms with van der Waals surface area (Å²) in [6.07, 6.45) is -0.0456. The monoisotopic (exact) mass is 324 g/mol. The maximum absolute atomic E-state index is 12.3. The second-order valence-corrected chi connectivity index (χ2v) is 7.56. The molecule has 120 valence electrons. The summed E-state index contributed by atoms with van der Waals surface area (Å²) >= 11 is 0. The third kappa shape index (κ3) is 2.99. The van der Waals surface area contributed by atoms with Crippen LogP contribution < -0.4 is 5.32 Å². The predicted octanol–water partition coefficient (Wildman–Crippen LogP) is 1.38. The molecule has 1 aromatic rings. The van der Waals surface area contributed by atoms with E-state index in [2.05, 4.69) is 5.32 Å². The van der Waals surface area contributed by atoms with Gasteiger partial charge in [-0.25, -0.2) is 12.7 Å². The van der Waals surface area contributed by atoms with Gasteiger partial charge in [0, 0.05) is 19.0 Å². The highest BCUT2D eigenvalue weighted by atomic mass is 32.2. The Hall–Kier alpha value is -1.89. The highest BCUT2D eigenvalue weighted by molar-refractivity contribution is 7.90. The van der Waals surface area contributed by atoms with Gasteiger partial charge in [-0.1, -0.05) is 26.0 Å². The van der Waals surface area contributed by atoms with Gasteiger partial charge in [-0.05, 0) is 25.0 Å². The molecule has 22 heavy (non-hydrogen) atoms. The summed E-state index contributed by atoms with van der Waals surface area (Å²) in [4.78, 5) is 24.0. The van der Waals surface area contributed by atoms with Gasteiger partial charge in [-0.2, -0.15) is 0 Å².